The molecule has 0 aliphatic carbocycles. The van der Waals surface area contributed by atoms with Gasteiger partial charge in [-0.05, 0) is 97.6 Å². The average molecular weight is 1200 g/mol. The second-order valence-corrected chi connectivity index (χ2v) is 32.7. The molecule has 0 amide bonds. The second kappa shape index (κ2) is 29.9. The molecule has 9 atom stereocenters. The van der Waals surface area contributed by atoms with Crippen molar-refractivity contribution >= 4 is 41.5 Å². The second-order valence-electron chi connectivity index (χ2n) is 26.6. The van der Waals surface area contributed by atoms with Crippen molar-refractivity contribution in [3.8, 4) is 5.75 Å². The number of benzene rings is 4. The molecule has 0 N–H and O–H groups in total. The first kappa shape index (κ1) is 67.6. The number of methoxy groups -OCH3 is 2. The van der Waals surface area contributed by atoms with E-state index in [4.69, 9.17) is 47.1 Å². The van der Waals surface area contributed by atoms with E-state index in [1.165, 1.54) is 18.7 Å². The largest absolute Gasteiger partial charge is 0.497 e. The van der Waals surface area contributed by atoms with Crippen LogP contribution in [0.3, 0.4) is 0 Å². The van der Waals surface area contributed by atoms with Crippen LogP contribution >= 0.6 is 11.8 Å². The maximum atomic E-state index is 14.3. The van der Waals surface area contributed by atoms with Gasteiger partial charge in [-0.3, -0.25) is 9.59 Å². The van der Waals surface area contributed by atoms with E-state index in [0.717, 1.165) is 51.4 Å². The Hall–Kier alpha value is -4.87. The maximum absolute atomic E-state index is 14.3. The predicted molar refractivity (Wildman–Crippen MR) is 342 cm³/mol. The number of thioether (sulfide) groups is 1. The number of ether oxygens (including phenoxy) is 9. The highest BCUT2D eigenvalue weighted by Crippen LogP contribution is 2.52. The molecule has 464 valence electrons. The summed E-state index contributed by atoms with van der Waals surface area (Å²) in [4.78, 5) is 27.4. The Morgan fingerprint density at radius 3 is 2.00 bits per heavy atom. The SMILES string of the molecule is C=C1C[C@@H](CC2(OC)OC(CC(CC(=O)SC(C)(C)C)O[Si](c3ccccc3)(c3ccccc3)C(C)(C)C)CC(OC(C)=O)C2(C)C)O[C@@H](C=CC(C)(C)C2=CCCC(C[C@@H](OCc3ccc(OC)cc3)[C@@H](C)OCOCc3ccccc3)O2)C1. The molecule has 3 heterocycles. The number of hydrogen-bond acceptors (Lipinski definition) is 13. The number of carbonyl (C=O) groups is 2. The summed E-state index contributed by atoms with van der Waals surface area (Å²) in [7, 11) is 0.169. The summed E-state index contributed by atoms with van der Waals surface area (Å²) in [6.07, 6.45) is 8.34. The molecule has 3 aliphatic heterocycles. The van der Waals surface area contributed by atoms with E-state index in [1.807, 2.05) is 87.5 Å². The molecule has 4 aromatic rings. The van der Waals surface area contributed by atoms with Crippen LogP contribution in [-0.2, 0) is 65.1 Å². The van der Waals surface area contributed by atoms with Crippen molar-refractivity contribution in [3.05, 3.63) is 163 Å². The lowest BCUT2D eigenvalue weighted by Crippen LogP contribution is -2.68. The molecular formula is C71H98O12SSi. The minimum atomic E-state index is -3.16. The van der Waals surface area contributed by atoms with Crippen LogP contribution in [0.1, 0.15) is 152 Å². The number of rotatable bonds is 27. The third kappa shape index (κ3) is 18.4. The van der Waals surface area contributed by atoms with Crippen molar-refractivity contribution in [2.75, 3.05) is 21.0 Å². The zero-order valence-electron chi connectivity index (χ0n) is 53.3. The molecule has 2 fully saturated rings. The highest BCUT2D eigenvalue weighted by molar-refractivity contribution is 8.14. The van der Waals surface area contributed by atoms with Gasteiger partial charge in [0.1, 0.15) is 30.5 Å². The van der Waals surface area contributed by atoms with E-state index >= 15 is 0 Å². The number of esters is 1. The molecule has 4 aromatic carbocycles. The quantitative estimate of drug-likeness (QED) is 0.0185. The zero-order chi connectivity index (χ0) is 61.6. The van der Waals surface area contributed by atoms with Gasteiger partial charge >= 0.3 is 5.97 Å². The van der Waals surface area contributed by atoms with Gasteiger partial charge in [-0.25, -0.2) is 0 Å². The summed E-state index contributed by atoms with van der Waals surface area (Å²) < 4.78 is 66.1. The van der Waals surface area contributed by atoms with Crippen molar-refractivity contribution in [1.82, 2.24) is 0 Å². The van der Waals surface area contributed by atoms with E-state index in [2.05, 4.69) is 129 Å². The first-order chi connectivity index (χ1) is 40.2. The van der Waals surface area contributed by atoms with Gasteiger partial charge in [0.25, 0.3) is 8.32 Å². The summed E-state index contributed by atoms with van der Waals surface area (Å²) in [5.74, 6) is 0.0128. The van der Waals surface area contributed by atoms with E-state index in [-0.39, 0.29) is 64.6 Å². The van der Waals surface area contributed by atoms with E-state index in [0.29, 0.717) is 51.7 Å². The van der Waals surface area contributed by atoms with Crippen molar-refractivity contribution < 1.29 is 56.6 Å². The van der Waals surface area contributed by atoms with Gasteiger partial charge in [0.15, 0.2) is 10.9 Å². The number of hydrogen-bond donors (Lipinski definition) is 0. The number of carbonyl (C=O) groups excluding carboxylic acids is 2. The normalized spacial score (nSPS) is 23.3. The van der Waals surface area contributed by atoms with Crippen molar-refractivity contribution in [3.63, 3.8) is 0 Å². The molecule has 0 bridgehead atoms. The summed E-state index contributed by atoms with van der Waals surface area (Å²) in [6.45, 7) is 30.4. The minimum Gasteiger partial charge on any atom is -0.497 e. The fourth-order valence-electron chi connectivity index (χ4n) is 12.3. The Kier molecular flexibility index (Phi) is 23.8. The standard InChI is InChI=1S/C71H98O12SSi/c1-50-40-57(38-39-69(10,11)64-33-25-28-56(81-64)43-63(77-48-54-34-36-55(74-14)37-35-54)51(2)78-49-76-47-53-26-19-16-20-27-53)80-60(41-50)46-71(75-15)70(12,13)65(79-52(3)72)44-58(82-71)42-59(45-66(73)84-67(4,5)6)83-85(68(7,8)9,61-29-21-17-22-30-61)62-31-23-18-24-32-62/h16-24,26-27,29-39,51,56-60,63,65H,1,25,28,40-49H2,2-15H3/t51-,56?,57+,58?,59?,60+,63-,65?,71?/m1/s1. The van der Waals surface area contributed by atoms with Gasteiger partial charge in [-0.15, -0.1) is 0 Å². The van der Waals surface area contributed by atoms with E-state index in [9.17, 15) is 9.59 Å². The molecular weight excluding hydrogens is 1100 g/mol. The van der Waals surface area contributed by atoms with E-state index < -0.39 is 43.2 Å². The molecule has 0 radical (unpaired) electrons. The fraction of sp³-hybridized carbons (Fsp3) is 0.549. The Bertz CT molecular complexity index is 2770. The molecule has 85 heavy (non-hydrogen) atoms. The van der Waals surface area contributed by atoms with Crippen molar-refractivity contribution in [2.24, 2.45) is 10.8 Å². The fourth-order valence-corrected chi connectivity index (χ4v) is 18.0. The van der Waals surface area contributed by atoms with Gasteiger partial charge < -0.3 is 47.1 Å². The zero-order valence-corrected chi connectivity index (χ0v) is 55.1. The molecule has 2 saturated heterocycles. The number of allylic oxidation sites excluding steroid dienone is 2. The minimum absolute atomic E-state index is 0.0421. The van der Waals surface area contributed by atoms with Crippen LogP contribution in [-0.4, -0.2) is 99.8 Å². The van der Waals surface area contributed by atoms with Crippen LogP contribution in [0.4, 0.5) is 0 Å². The van der Waals surface area contributed by atoms with Gasteiger partial charge in [0, 0.05) is 49.9 Å². The molecule has 12 nitrogen and oxygen atoms in total. The molecule has 0 saturated carbocycles. The Morgan fingerprint density at radius 2 is 1.41 bits per heavy atom. The van der Waals surface area contributed by atoms with Crippen LogP contribution in [0, 0.1) is 10.8 Å². The van der Waals surface area contributed by atoms with Gasteiger partial charge in [-0.2, -0.15) is 0 Å². The Balaban J connectivity index is 1.08. The molecule has 0 aromatic heterocycles. The van der Waals surface area contributed by atoms with Crippen LogP contribution < -0.4 is 15.1 Å². The first-order valence-electron chi connectivity index (χ1n) is 30.5. The lowest BCUT2D eigenvalue weighted by molar-refractivity contribution is -0.358. The highest BCUT2D eigenvalue weighted by atomic mass is 32.2. The molecule has 0 spiro atoms. The smallest absolute Gasteiger partial charge is 0.302 e. The molecule has 14 heteroatoms. The van der Waals surface area contributed by atoms with Crippen LogP contribution in [0.5, 0.6) is 5.75 Å². The van der Waals surface area contributed by atoms with Crippen LogP contribution in [0.25, 0.3) is 0 Å². The predicted octanol–water partition coefficient (Wildman–Crippen LogP) is 14.6. The van der Waals surface area contributed by atoms with Gasteiger partial charge in [-0.1, -0.05) is 195 Å². The Labute approximate surface area is 514 Å². The van der Waals surface area contributed by atoms with Crippen LogP contribution in [0.2, 0.25) is 5.04 Å². The van der Waals surface area contributed by atoms with Crippen molar-refractivity contribution in [2.45, 2.75) is 218 Å². The summed E-state index contributed by atoms with van der Waals surface area (Å²) in [6, 6.07) is 39.0. The topological polar surface area (TPSA) is 126 Å². The molecule has 7 rings (SSSR count). The van der Waals surface area contributed by atoms with Crippen molar-refractivity contribution in [1.29, 1.82) is 0 Å². The van der Waals surface area contributed by atoms with Crippen LogP contribution in [0.15, 0.2) is 151 Å². The van der Waals surface area contributed by atoms with Gasteiger partial charge in [0.2, 0.25) is 0 Å². The lowest BCUT2D eigenvalue weighted by Gasteiger charge is -2.56. The summed E-state index contributed by atoms with van der Waals surface area (Å²) in [5.41, 5.74) is 1.86. The molecule has 5 unspecified atom stereocenters. The van der Waals surface area contributed by atoms with Gasteiger partial charge in [0.05, 0.1) is 62.4 Å². The van der Waals surface area contributed by atoms with E-state index in [1.54, 1.807) is 14.2 Å². The highest BCUT2D eigenvalue weighted by Gasteiger charge is 2.60. The third-order valence-electron chi connectivity index (χ3n) is 16.9. The summed E-state index contributed by atoms with van der Waals surface area (Å²) in [5, 5.41) is 1.93. The first-order valence-corrected chi connectivity index (χ1v) is 33.2. The average Bonchev–Trinajstić information content (AvgIpc) is 0.892. The summed E-state index contributed by atoms with van der Waals surface area (Å²) >= 11 is 1.33. The maximum Gasteiger partial charge on any atom is 0.302 e. The lowest BCUT2D eigenvalue weighted by atomic mass is 9.70. The molecule has 3 aliphatic rings. The Morgan fingerprint density at radius 1 is 0.788 bits per heavy atom. The third-order valence-corrected chi connectivity index (χ3v) is 23.0. The monoisotopic (exact) mass is 1200 g/mol.